The average Bonchev–Trinajstić information content (AvgIpc) is 2.34. The number of carbonyl (C=O) groups is 1. The Kier molecular flexibility index (Phi) is 4.42. The molecule has 1 amide bonds. The summed E-state index contributed by atoms with van der Waals surface area (Å²) in [4.78, 5) is 12.4. The number of hydrogen-bond acceptors (Lipinski definition) is 4. The summed E-state index contributed by atoms with van der Waals surface area (Å²) < 4.78 is 0. The van der Waals surface area contributed by atoms with Crippen LogP contribution in [0.1, 0.15) is 5.56 Å². The number of anilines is 1. The molecule has 0 saturated heterocycles. The zero-order valence-electron chi connectivity index (χ0n) is 9.66. The summed E-state index contributed by atoms with van der Waals surface area (Å²) in [6.07, 6.45) is 0.952. The summed E-state index contributed by atoms with van der Waals surface area (Å²) in [5.74, 6) is 0.602. The van der Waals surface area contributed by atoms with Gasteiger partial charge in [-0.2, -0.15) is 0 Å². The van der Waals surface area contributed by atoms with Gasteiger partial charge in [0.15, 0.2) is 0 Å². The first-order chi connectivity index (χ1) is 8.29. The van der Waals surface area contributed by atoms with E-state index in [4.69, 9.17) is 5.73 Å². The third-order valence-electron chi connectivity index (χ3n) is 2.59. The Labute approximate surface area is 105 Å². The van der Waals surface area contributed by atoms with Crippen molar-refractivity contribution in [2.24, 2.45) is 5.73 Å². The molecule has 4 N–H and O–H groups in total. The Bertz CT molecular complexity index is 409. The molecule has 0 bridgehead atoms. The third-order valence-corrected chi connectivity index (χ3v) is 3.66. The van der Waals surface area contributed by atoms with E-state index in [-0.39, 0.29) is 5.91 Å². The number of thioether (sulfide) groups is 1. The van der Waals surface area contributed by atoms with Crippen LogP contribution in [0.25, 0.3) is 0 Å². The first kappa shape index (κ1) is 12.4. The van der Waals surface area contributed by atoms with Crippen LogP contribution in [0.5, 0.6) is 0 Å². The van der Waals surface area contributed by atoms with Crippen LogP contribution >= 0.6 is 11.8 Å². The average molecular weight is 251 g/mol. The van der Waals surface area contributed by atoms with Crippen molar-refractivity contribution in [1.82, 2.24) is 5.32 Å². The summed E-state index contributed by atoms with van der Waals surface area (Å²) in [5.41, 5.74) is 7.58. The third kappa shape index (κ3) is 3.46. The van der Waals surface area contributed by atoms with Crippen molar-refractivity contribution in [3.05, 3.63) is 23.8 Å². The van der Waals surface area contributed by atoms with Crippen molar-refractivity contribution in [2.45, 2.75) is 11.3 Å². The van der Waals surface area contributed by atoms with Crippen LogP contribution in [0, 0.1) is 0 Å². The molecule has 17 heavy (non-hydrogen) atoms. The molecule has 4 nitrogen and oxygen atoms in total. The molecule has 1 aromatic rings. The smallest absolute Gasteiger partial charge is 0.234 e. The number of hydrogen-bond donors (Lipinski definition) is 3. The molecule has 1 aliphatic heterocycles. The standard InChI is InChI=1S/C12H17N3OS/c13-4-6-14-5-3-9-1-2-11-10(7-9)15-12(16)8-17-11/h1-2,7,14H,3-6,8,13H2,(H,15,16). The van der Waals surface area contributed by atoms with E-state index in [0.29, 0.717) is 12.3 Å². The molecular weight excluding hydrogens is 234 g/mol. The van der Waals surface area contributed by atoms with Crippen LogP contribution in [0.2, 0.25) is 0 Å². The zero-order valence-corrected chi connectivity index (χ0v) is 10.5. The van der Waals surface area contributed by atoms with Gasteiger partial charge in [-0.15, -0.1) is 11.8 Å². The van der Waals surface area contributed by atoms with Gasteiger partial charge in [0.2, 0.25) is 5.91 Å². The van der Waals surface area contributed by atoms with Gasteiger partial charge in [-0.05, 0) is 30.7 Å². The van der Waals surface area contributed by atoms with Crippen molar-refractivity contribution < 1.29 is 4.79 Å². The number of fused-ring (bicyclic) bond motifs is 1. The van der Waals surface area contributed by atoms with Crippen LogP contribution in [-0.2, 0) is 11.2 Å². The molecule has 0 aliphatic carbocycles. The lowest BCUT2D eigenvalue weighted by Crippen LogP contribution is -2.24. The van der Waals surface area contributed by atoms with Gasteiger partial charge in [-0.1, -0.05) is 6.07 Å². The highest BCUT2D eigenvalue weighted by Gasteiger charge is 2.14. The van der Waals surface area contributed by atoms with Gasteiger partial charge < -0.3 is 16.4 Å². The molecule has 0 spiro atoms. The zero-order chi connectivity index (χ0) is 12.1. The van der Waals surface area contributed by atoms with E-state index in [1.165, 1.54) is 5.56 Å². The molecule has 0 unspecified atom stereocenters. The summed E-state index contributed by atoms with van der Waals surface area (Å²) in [6.45, 7) is 2.42. The lowest BCUT2D eigenvalue weighted by molar-refractivity contribution is -0.113. The number of nitrogens with one attached hydrogen (secondary N) is 2. The molecule has 0 radical (unpaired) electrons. The largest absolute Gasteiger partial charge is 0.329 e. The molecule has 1 aliphatic rings. The predicted molar refractivity (Wildman–Crippen MR) is 71.4 cm³/mol. The van der Waals surface area contributed by atoms with E-state index in [1.807, 2.05) is 0 Å². The van der Waals surface area contributed by atoms with Crippen molar-refractivity contribution in [3.63, 3.8) is 0 Å². The number of carbonyl (C=O) groups excluding carboxylic acids is 1. The van der Waals surface area contributed by atoms with E-state index >= 15 is 0 Å². The molecule has 0 saturated carbocycles. The van der Waals surface area contributed by atoms with E-state index in [0.717, 1.165) is 30.1 Å². The van der Waals surface area contributed by atoms with Crippen molar-refractivity contribution in [2.75, 3.05) is 30.7 Å². The van der Waals surface area contributed by atoms with Gasteiger partial charge in [0.1, 0.15) is 0 Å². The maximum absolute atomic E-state index is 11.3. The van der Waals surface area contributed by atoms with Crippen LogP contribution in [0.15, 0.2) is 23.1 Å². The van der Waals surface area contributed by atoms with Crippen LogP contribution in [-0.4, -0.2) is 31.3 Å². The van der Waals surface area contributed by atoms with Crippen molar-refractivity contribution >= 4 is 23.4 Å². The second-order valence-corrected chi connectivity index (χ2v) is 4.97. The maximum atomic E-state index is 11.3. The second kappa shape index (κ2) is 6.05. The second-order valence-electron chi connectivity index (χ2n) is 3.96. The number of amides is 1. The molecule has 0 aromatic heterocycles. The minimum absolute atomic E-state index is 0.0842. The fourth-order valence-electron chi connectivity index (χ4n) is 1.75. The van der Waals surface area contributed by atoms with E-state index in [2.05, 4.69) is 28.8 Å². The molecule has 0 fully saturated rings. The summed E-state index contributed by atoms with van der Waals surface area (Å²) in [6, 6.07) is 6.26. The maximum Gasteiger partial charge on any atom is 0.234 e. The predicted octanol–water partition coefficient (Wildman–Crippen LogP) is 0.822. The van der Waals surface area contributed by atoms with E-state index in [1.54, 1.807) is 11.8 Å². The van der Waals surface area contributed by atoms with E-state index in [9.17, 15) is 4.79 Å². The van der Waals surface area contributed by atoms with Gasteiger partial charge in [-0.3, -0.25) is 4.79 Å². The van der Waals surface area contributed by atoms with Crippen LogP contribution < -0.4 is 16.4 Å². The highest BCUT2D eigenvalue weighted by molar-refractivity contribution is 8.00. The highest BCUT2D eigenvalue weighted by Crippen LogP contribution is 2.31. The van der Waals surface area contributed by atoms with Crippen molar-refractivity contribution in [3.8, 4) is 0 Å². The van der Waals surface area contributed by atoms with Gasteiger partial charge >= 0.3 is 0 Å². The first-order valence-electron chi connectivity index (χ1n) is 5.76. The SMILES string of the molecule is NCCNCCc1ccc2c(c1)NC(=O)CS2. The van der Waals surface area contributed by atoms with Crippen LogP contribution in [0.4, 0.5) is 5.69 Å². The Hall–Kier alpha value is -1.04. The Morgan fingerprint density at radius 3 is 3.12 bits per heavy atom. The quantitative estimate of drug-likeness (QED) is 0.678. The Morgan fingerprint density at radius 2 is 2.29 bits per heavy atom. The molecule has 1 aromatic carbocycles. The highest BCUT2D eigenvalue weighted by atomic mass is 32.2. The summed E-state index contributed by atoms with van der Waals surface area (Å²) >= 11 is 1.59. The van der Waals surface area contributed by atoms with Gasteiger partial charge in [0.05, 0.1) is 11.4 Å². The normalized spacial score (nSPS) is 14.3. The molecule has 2 rings (SSSR count). The summed E-state index contributed by atoms with van der Waals surface area (Å²) in [7, 11) is 0. The monoisotopic (exact) mass is 251 g/mol. The first-order valence-corrected chi connectivity index (χ1v) is 6.74. The van der Waals surface area contributed by atoms with Crippen molar-refractivity contribution in [1.29, 1.82) is 0 Å². The lowest BCUT2D eigenvalue weighted by Gasteiger charge is -2.17. The Balaban J connectivity index is 1.95. The number of rotatable bonds is 5. The number of nitrogens with two attached hydrogens (primary N) is 1. The van der Waals surface area contributed by atoms with E-state index < -0.39 is 0 Å². The fourth-order valence-corrected chi connectivity index (χ4v) is 2.53. The lowest BCUT2D eigenvalue weighted by atomic mass is 10.1. The Morgan fingerprint density at radius 1 is 1.41 bits per heavy atom. The minimum Gasteiger partial charge on any atom is -0.329 e. The van der Waals surface area contributed by atoms with Gasteiger partial charge in [0, 0.05) is 18.0 Å². The topological polar surface area (TPSA) is 67.2 Å². The van der Waals surface area contributed by atoms with Crippen LogP contribution in [0.3, 0.4) is 0 Å². The minimum atomic E-state index is 0.0842. The molecular formula is C12H17N3OS. The molecule has 5 heteroatoms. The molecule has 92 valence electrons. The fraction of sp³-hybridized carbons (Fsp3) is 0.417. The summed E-state index contributed by atoms with van der Waals surface area (Å²) in [5, 5.41) is 6.16. The molecule has 0 atom stereocenters. The van der Waals surface area contributed by atoms with Gasteiger partial charge in [-0.25, -0.2) is 0 Å². The van der Waals surface area contributed by atoms with Gasteiger partial charge in [0.25, 0.3) is 0 Å². The molecule has 1 heterocycles. The number of benzene rings is 1.